The third-order valence-electron chi connectivity index (χ3n) is 1.94. The van der Waals surface area contributed by atoms with Gasteiger partial charge < -0.3 is 10.5 Å². The van der Waals surface area contributed by atoms with Gasteiger partial charge in [-0.1, -0.05) is 11.6 Å². The Morgan fingerprint density at radius 2 is 1.94 bits per heavy atom. The minimum atomic E-state index is -4.65. The fraction of sp³-hybridized carbons (Fsp3) is 0.333. The van der Waals surface area contributed by atoms with Crippen LogP contribution in [0.1, 0.15) is 11.6 Å². The summed E-state index contributed by atoms with van der Waals surface area (Å²) in [6.07, 6.45) is -4.65. The van der Waals surface area contributed by atoms with Crippen LogP contribution in [-0.4, -0.2) is 13.3 Å². The number of methoxy groups -OCH3 is 1. The van der Waals surface area contributed by atoms with Crippen LogP contribution < -0.4 is 10.5 Å². The van der Waals surface area contributed by atoms with Crippen LogP contribution >= 0.6 is 11.6 Å². The van der Waals surface area contributed by atoms with E-state index in [1.165, 1.54) is 0 Å². The Bertz CT molecular complexity index is 371. The van der Waals surface area contributed by atoms with E-state index in [9.17, 15) is 17.6 Å². The van der Waals surface area contributed by atoms with E-state index in [4.69, 9.17) is 17.3 Å². The van der Waals surface area contributed by atoms with Crippen molar-refractivity contribution in [2.45, 2.75) is 12.2 Å². The molecule has 0 amide bonds. The highest BCUT2D eigenvalue weighted by Crippen LogP contribution is 2.35. The van der Waals surface area contributed by atoms with Crippen LogP contribution in [0.4, 0.5) is 17.6 Å². The molecule has 2 nitrogen and oxygen atoms in total. The average molecular weight is 258 g/mol. The number of nitrogens with two attached hydrogens (primary N) is 1. The smallest absolute Gasteiger partial charge is 0.407 e. The van der Waals surface area contributed by atoms with Crippen molar-refractivity contribution in [3.8, 4) is 5.75 Å². The van der Waals surface area contributed by atoms with Gasteiger partial charge in [0, 0.05) is 0 Å². The predicted octanol–water partition coefficient (Wildman–Crippen LogP) is 3.05. The maximum atomic E-state index is 13.2. The molecule has 0 unspecified atom stereocenters. The normalized spacial score (nSPS) is 13.7. The minimum absolute atomic E-state index is 0.253. The molecule has 1 aromatic rings. The lowest BCUT2D eigenvalue weighted by Crippen LogP contribution is -2.28. The van der Waals surface area contributed by atoms with Gasteiger partial charge >= 0.3 is 6.18 Å². The largest absolute Gasteiger partial charge is 0.492 e. The first kappa shape index (κ1) is 13.1. The Kier molecular flexibility index (Phi) is 3.64. The molecular weight excluding hydrogens is 250 g/mol. The second-order valence-corrected chi connectivity index (χ2v) is 3.44. The van der Waals surface area contributed by atoms with Crippen molar-refractivity contribution in [2.75, 3.05) is 7.11 Å². The summed E-state index contributed by atoms with van der Waals surface area (Å²) >= 11 is 5.54. The van der Waals surface area contributed by atoms with Gasteiger partial charge in [-0.2, -0.15) is 13.2 Å². The lowest BCUT2D eigenvalue weighted by Gasteiger charge is -2.17. The Hall–Kier alpha value is -1.01. The molecule has 2 N–H and O–H groups in total. The van der Waals surface area contributed by atoms with E-state index >= 15 is 0 Å². The summed E-state index contributed by atoms with van der Waals surface area (Å²) in [5.41, 5.74) is 4.46. The van der Waals surface area contributed by atoms with Gasteiger partial charge in [-0.3, -0.25) is 0 Å². The average Bonchev–Trinajstić information content (AvgIpc) is 2.14. The lowest BCUT2D eigenvalue weighted by atomic mass is 10.1. The van der Waals surface area contributed by atoms with Crippen LogP contribution in [0, 0.1) is 5.82 Å². The first-order valence-electron chi connectivity index (χ1n) is 4.12. The SMILES string of the molecule is COc1c(F)cc([C@H](N)C(F)(F)F)cc1Cl. The molecule has 0 aromatic heterocycles. The van der Waals surface area contributed by atoms with Crippen molar-refractivity contribution < 1.29 is 22.3 Å². The highest BCUT2D eigenvalue weighted by molar-refractivity contribution is 6.32. The van der Waals surface area contributed by atoms with Crippen molar-refractivity contribution in [1.29, 1.82) is 0 Å². The molecule has 1 atom stereocenters. The molecule has 0 saturated heterocycles. The third-order valence-corrected chi connectivity index (χ3v) is 2.22. The van der Waals surface area contributed by atoms with E-state index < -0.39 is 23.6 Å². The van der Waals surface area contributed by atoms with Crippen molar-refractivity contribution >= 4 is 11.6 Å². The van der Waals surface area contributed by atoms with Crippen molar-refractivity contribution in [2.24, 2.45) is 5.73 Å². The molecule has 1 aromatic carbocycles. The van der Waals surface area contributed by atoms with Gasteiger partial charge in [0.1, 0.15) is 6.04 Å². The molecule has 16 heavy (non-hydrogen) atoms. The maximum absolute atomic E-state index is 13.2. The highest BCUT2D eigenvalue weighted by atomic mass is 35.5. The monoisotopic (exact) mass is 257 g/mol. The Morgan fingerprint density at radius 1 is 1.38 bits per heavy atom. The molecule has 0 aliphatic heterocycles. The number of halogens is 5. The number of alkyl halides is 3. The van der Waals surface area contributed by atoms with E-state index in [-0.39, 0.29) is 10.8 Å². The van der Waals surface area contributed by atoms with E-state index in [1.54, 1.807) is 0 Å². The summed E-state index contributed by atoms with van der Waals surface area (Å²) in [5, 5.41) is -0.253. The van der Waals surface area contributed by atoms with Gasteiger partial charge in [0.05, 0.1) is 12.1 Å². The summed E-state index contributed by atoms with van der Waals surface area (Å²) < 4.78 is 54.6. The topological polar surface area (TPSA) is 35.2 Å². The van der Waals surface area contributed by atoms with E-state index in [0.717, 1.165) is 13.2 Å². The number of hydrogen-bond donors (Lipinski definition) is 1. The zero-order valence-corrected chi connectivity index (χ0v) is 8.86. The summed E-state index contributed by atoms with van der Waals surface area (Å²) in [7, 11) is 1.16. The van der Waals surface area contributed by atoms with Crippen molar-refractivity contribution in [3.63, 3.8) is 0 Å². The molecule has 0 spiro atoms. The first-order valence-corrected chi connectivity index (χ1v) is 4.50. The van der Waals surface area contributed by atoms with Gasteiger partial charge in [-0.05, 0) is 17.7 Å². The Balaban J connectivity index is 3.19. The molecular formula is C9H8ClF4NO. The number of rotatable bonds is 2. The van der Waals surface area contributed by atoms with Gasteiger partial charge in [-0.25, -0.2) is 4.39 Å². The maximum Gasteiger partial charge on any atom is 0.407 e. The standard InChI is InChI=1S/C9H8ClF4NO/c1-16-7-5(10)2-4(3-6(7)11)8(15)9(12,13)14/h2-3,8H,15H2,1H3/t8-/m0/s1. The second-order valence-electron chi connectivity index (χ2n) is 3.04. The van der Waals surface area contributed by atoms with Crippen molar-refractivity contribution in [3.05, 3.63) is 28.5 Å². The number of hydrogen-bond acceptors (Lipinski definition) is 2. The molecule has 0 aliphatic rings. The molecule has 0 bridgehead atoms. The molecule has 90 valence electrons. The Morgan fingerprint density at radius 3 is 2.31 bits per heavy atom. The van der Waals surface area contributed by atoms with Crippen LogP contribution in [0.2, 0.25) is 5.02 Å². The zero-order chi connectivity index (χ0) is 12.5. The van der Waals surface area contributed by atoms with E-state index in [2.05, 4.69) is 4.74 Å². The number of benzene rings is 1. The van der Waals surface area contributed by atoms with Gasteiger partial charge in [-0.15, -0.1) is 0 Å². The van der Waals surface area contributed by atoms with E-state index in [0.29, 0.717) is 6.07 Å². The quantitative estimate of drug-likeness (QED) is 0.827. The van der Waals surface area contributed by atoms with Crippen LogP contribution in [0.15, 0.2) is 12.1 Å². The molecule has 1 rings (SSSR count). The third kappa shape index (κ3) is 2.56. The van der Waals surface area contributed by atoms with Gasteiger partial charge in [0.15, 0.2) is 11.6 Å². The molecule has 0 radical (unpaired) electrons. The zero-order valence-electron chi connectivity index (χ0n) is 8.11. The van der Waals surface area contributed by atoms with E-state index in [1.807, 2.05) is 0 Å². The molecule has 7 heteroatoms. The Labute approximate surface area is 93.9 Å². The highest BCUT2D eigenvalue weighted by Gasteiger charge is 2.38. The van der Waals surface area contributed by atoms with Crippen LogP contribution in [-0.2, 0) is 0 Å². The van der Waals surface area contributed by atoms with Crippen LogP contribution in [0.25, 0.3) is 0 Å². The van der Waals surface area contributed by atoms with Crippen LogP contribution in [0.5, 0.6) is 5.75 Å². The van der Waals surface area contributed by atoms with Gasteiger partial charge in [0.2, 0.25) is 0 Å². The summed E-state index contributed by atoms with van der Waals surface area (Å²) in [6, 6.07) is -0.685. The van der Waals surface area contributed by atoms with Crippen molar-refractivity contribution in [1.82, 2.24) is 0 Å². The fourth-order valence-corrected chi connectivity index (χ4v) is 1.44. The first-order chi connectivity index (χ1) is 7.27. The molecule has 0 aliphatic carbocycles. The number of ether oxygens (including phenoxy) is 1. The summed E-state index contributed by atoms with van der Waals surface area (Å²) in [5.74, 6) is -1.29. The second kappa shape index (κ2) is 4.47. The van der Waals surface area contributed by atoms with Gasteiger partial charge in [0.25, 0.3) is 0 Å². The fourth-order valence-electron chi connectivity index (χ4n) is 1.14. The lowest BCUT2D eigenvalue weighted by molar-refractivity contribution is -0.149. The summed E-state index contributed by atoms with van der Waals surface area (Å²) in [6.45, 7) is 0. The minimum Gasteiger partial charge on any atom is -0.492 e. The molecule has 0 saturated carbocycles. The molecule has 0 fully saturated rings. The summed E-state index contributed by atoms with van der Waals surface area (Å²) in [4.78, 5) is 0. The van der Waals surface area contributed by atoms with Crippen LogP contribution in [0.3, 0.4) is 0 Å². The molecule has 0 heterocycles. The predicted molar refractivity (Wildman–Crippen MR) is 50.9 cm³/mol.